The molecule has 6 heteroatoms. The molecule has 2 rings (SSSR count). The fourth-order valence-corrected chi connectivity index (χ4v) is 1.91. The predicted octanol–water partition coefficient (Wildman–Crippen LogP) is 2.16. The molecule has 1 aromatic heterocycles. The Morgan fingerprint density at radius 1 is 1.38 bits per heavy atom. The number of rotatable bonds is 6. The lowest BCUT2D eigenvalue weighted by atomic mass is 10.3. The van der Waals surface area contributed by atoms with Gasteiger partial charge in [0.2, 0.25) is 11.8 Å². The van der Waals surface area contributed by atoms with E-state index in [2.05, 4.69) is 4.98 Å². The van der Waals surface area contributed by atoms with Gasteiger partial charge in [-0.05, 0) is 18.6 Å². The van der Waals surface area contributed by atoms with Crippen molar-refractivity contribution in [3.63, 3.8) is 0 Å². The van der Waals surface area contributed by atoms with Crippen LogP contribution in [-0.4, -0.2) is 40.0 Å². The third-order valence-corrected chi connectivity index (χ3v) is 2.81. The lowest BCUT2D eigenvalue weighted by molar-refractivity contribution is -0.142. The summed E-state index contributed by atoms with van der Waals surface area (Å²) in [6.07, 6.45) is 3.42. The Kier molecular flexibility index (Phi) is 4.71. The molecule has 0 aliphatic heterocycles. The summed E-state index contributed by atoms with van der Waals surface area (Å²) in [7, 11) is 0. The second-order valence-corrected chi connectivity index (χ2v) is 4.51. The summed E-state index contributed by atoms with van der Waals surface area (Å²) in [5.41, 5.74) is 1.35. The van der Waals surface area contributed by atoms with Crippen LogP contribution in [0.2, 0.25) is 0 Å². The third kappa shape index (κ3) is 3.92. The summed E-state index contributed by atoms with van der Waals surface area (Å²) in [6, 6.07) is 7.28. The van der Waals surface area contributed by atoms with Gasteiger partial charge in [-0.3, -0.25) is 9.59 Å². The van der Waals surface area contributed by atoms with Crippen molar-refractivity contribution in [1.82, 2.24) is 9.88 Å². The number of fused-ring (bicyclic) bond motifs is 1. The number of amides is 1. The van der Waals surface area contributed by atoms with Gasteiger partial charge in [-0.1, -0.05) is 19.1 Å². The van der Waals surface area contributed by atoms with Crippen LogP contribution >= 0.6 is 0 Å². The maximum absolute atomic E-state index is 12.0. The van der Waals surface area contributed by atoms with E-state index in [4.69, 9.17) is 9.52 Å². The highest BCUT2D eigenvalue weighted by molar-refractivity contribution is 5.93. The standard InChI is InChI=1S/C15H16N2O4/c1-2-9-17(10-15(19)20)14(18)8-7-13-16-11-5-3-4-6-12(11)21-13/h3-8H,2,9-10H2,1H3,(H,19,20)/b8-7+. The summed E-state index contributed by atoms with van der Waals surface area (Å²) in [6.45, 7) is 1.96. The van der Waals surface area contributed by atoms with E-state index in [0.29, 0.717) is 30.0 Å². The fourth-order valence-electron chi connectivity index (χ4n) is 1.91. The lowest BCUT2D eigenvalue weighted by Crippen LogP contribution is -2.35. The zero-order valence-corrected chi connectivity index (χ0v) is 11.7. The smallest absolute Gasteiger partial charge is 0.323 e. The highest BCUT2D eigenvalue weighted by Gasteiger charge is 2.13. The van der Waals surface area contributed by atoms with Crippen LogP contribution in [0.4, 0.5) is 0 Å². The van der Waals surface area contributed by atoms with E-state index in [9.17, 15) is 9.59 Å². The zero-order chi connectivity index (χ0) is 15.2. The molecule has 0 radical (unpaired) electrons. The molecule has 0 fully saturated rings. The molecule has 21 heavy (non-hydrogen) atoms. The molecule has 6 nitrogen and oxygen atoms in total. The van der Waals surface area contributed by atoms with Gasteiger partial charge in [-0.2, -0.15) is 0 Å². The molecule has 1 N–H and O–H groups in total. The Morgan fingerprint density at radius 2 is 2.14 bits per heavy atom. The number of benzene rings is 1. The van der Waals surface area contributed by atoms with Crippen LogP contribution in [0.3, 0.4) is 0 Å². The molecule has 0 bridgehead atoms. The van der Waals surface area contributed by atoms with Crippen molar-refractivity contribution in [2.24, 2.45) is 0 Å². The number of oxazole rings is 1. The van der Waals surface area contributed by atoms with Gasteiger partial charge in [0.15, 0.2) is 5.58 Å². The number of para-hydroxylation sites is 2. The van der Waals surface area contributed by atoms with Gasteiger partial charge in [0.25, 0.3) is 0 Å². The minimum Gasteiger partial charge on any atom is -0.480 e. The number of aromatic nitrogens is 1. The Labute approximate surface area is 121 Å². The maximum Gasteiger partial charge on any atom is 0.323 e. The fraction of sp³-hybridized carbons (Fsp3) is 0.267. The van der Waals surface area contributed by atoms with Crippen molar-refractivity contribution in [2.75, 3.05) is 13.1 Å². The molecule has 0 atom stereocenters. The first-order valence-corrected chi connectivity index (χ1v) is 6.64. The molecule has 1 heterocycles. The van der Waals surface area contributed by atoms with Crippen molar-refractivity contribution in [2.45, 2.75) is 13.3 Å². The molecule has 110 valence electrons. The number of carboxylic acid groups (broad SMARTS) is 1. The van der Waals surface area contributed by atoms with Crippen LogP contribution < -0.4 is 0 Å². The normalized spacial score (nSPS) is 11.1. The number of carbonyl (C=O) groups is 2. The molecule has 0 aliphatic rings. The highest BCUT2D eigenvalue weighted by Crippen LogP contribution is 2.15. The van der Waals surface area contributed by atoms with Crippen molar-refractivity contribution in [3.8, 4) is 0 Å². The SMILES string of the molecule is CCCN(CC(=O)O)C(=O)/C=C/c1nc2ccccc2o1. The Bertz CT molecular complexity index is 642. The molecule has 0 unspecified atom stereocenters. The number of hydrogen-bond acceptors (Lipinski definition) is 4. The number of hydrogen-bond donors (Lipinski definition) is 1. The summed E-state index contributed by atoms with van der Waals surface area (Å²) in [5.74, 6) is -1.09. The van der Waals surface area contributed by atoms with Crippen LogP contribution in [0.1, 0.15) is 19.2 Å². The number of carboxylic acids is 1. The first-order valence-electron chi connectivity index (χ1n) is 6.64. The third-order valence-electron chi connectivity index (χ3n) is 2.81. The average Bonchev–Trinajstić information content (AvgIpc) is 2.86. The van der Waals surface area contributed by atoms with Crippen molar-refractivity contribution in [1.29, 1.82) is 0 Å². The van der Waals surface area contributed by atoms with Crippen LogP contribution in [0, 0.1) is 0 Å². The van der Waals surface area contributed by atoms with E-state index in [1.54, 1.807) is 6.07 Å². The van der Waals surface area contributed by atoms with Crippen LogP contribution in [0.5, 0.6) is 0 Å². The molecule has 1 aromatic carbocycles. The number of nitrogens with zero attached hydrogens (tertiary/aromatic N) is 2. The Morgan fingerprint density at radius 3 is 2.81 bits per heavy atom. The van der Waals surface area contributed by atoms with Gasteiger partial charge in [-0.15, -0.1) is 0 Å². The second-order valence-electron chi connectivity index (χ2n) is 4.51. The van der Waals surface area contributed by atoms with Crippen LogP contribution in [0.25, 0.3) is 17.2 Å². The van der Waals surface area contributed by atoms with Crippen LogP contribution in [0.15, 0.2) is 34.8 Å². The minimum atomic E-state index is -1.04. The van der Waals surface area contributed by atoms with Crippen molar-refractivity contribution < 1.29 is 19.1 Å². The molecule has 2 aromatic rings. The Balaban J connectivity index is 2.10. The van der Waals surface area contributed by atoms with E-state index in [1.807, 2.05) is 25.1 Å². The molecule has 0 saturated carbocycles. The molecule has 1 amide bonds. The summed E-state index contributed by atoms with van der Waals surface area (Å²) < 4.78 is 5.45. The molecule has 0 aliphatic carbocycles. The summed E-state index contributed by atoms with van der Waals surface area (Å²) >= 11 is 0. The molecular formula is C15H16N2O4. The summed E-state index contributed by atoms with van der Waals surface area (Å²) in [4.78, 5) is 28.2. The monoisotopic (exact) mass is 288 g/mol. The van der Waals surface area contributed by atoms with Gasteiger partial charge in [0, 0.05) is 18.7 Å². The first kappa shape index (κ1) is 14.8. The van der Waals surface area contributed by atoms with E-state index in [0.717, 1.165) is 0 Å². The number of aliphatic carboxylic acids is 1. The van der Waals surface area contributed by atoms with Crippen LogP contribution in [-0.2, 0) is 9.59 Å². The highest BCUT2D eigenvalue weighted by atomic mass is 16.4. The van der Waals surface area contributed by atoms with Gasteiger partial charge < -0.3 is 14.4 Å². The molecule has 0 saturated heterocycles. The molecule has 0 spiro atoms. The van der Waals surface area contributed by atoms with Gasteiger partial charge in [0.05, 0.1) is 0 Å². The lowest BCUT2D eigenvalue weighted by Gasteiger charge is -2.17. The minimum absolute atomic E-state index is 0.315. The van der Waals surface area contributed by atoms with E-state index >= 15 is 0 Å². The predicted molar refractivity (Wildman–Crippen MR) is 77.5 cm³/mol. The topological polar surface area (TPSA) is 83.6 Å². The van der Waals surface area contributed by atoms with E-state index < -0.39 is 5.97 Å². The largest absolute Gasteiger partial charge is 0.480 e. The molecular weight excluding hydrogens is 272 g/mol. The second kappa shape index (κ2) is 6.69. The first-order chi connectivity index (χ1) is 10.1. The van der Waals surface area contributed by atoms with Crippen molar-refractivity contribution in [3.05, 3.63) is 36.2 Å². The number of carbonyl (C=O) groups excluding carboxylic acids is 1. The van der Waals surface area contributed by atoms with Gasteiger partial charge in [-0.25, -0.2) is 4.98 Å². The van der Waals surface area contributed by atoms with Gasteiger partial charge in [0.1, 0.15) is 12.1 Å². The zero-order valence-electron chi connectivity index (χ0n) is 11.7. The van der Waals surface area contributed by atoms with E-state index in [1.165, 1.54) is 17.1 Å². The quantitative estimate of drug-likeness (QED) is 0.823. The average molecular weight is 288 g/mol. The Hall–Kier alpha value is -2.63. The summed E-state index contributed by atoms with van der Waals surface area (Å²) in [5, 5.41) is 8.79. The maximum atomic E-state index is 12.0. The van der Waals surface area contributed by atoms with Gasteiger partial charge >= 0.3 is 5.97 Å². The van der Waals surface area contributed by atoms with E-state index in [-0.39, 0.29) is 12.5 Å². The van der Waals surface area contributed by atoms with Crippen molar-refractivity contribution >= 4 is 29.1 Å².